The van der Waals surface area contributed by atoms with Crippen LogP contribution in [0.3, 0.4) is 0 Å². The summed E-state index contributed by atoms with van der Waals surface area (Å²) in [6, 6.07) is 9.47. The topological polar surface area (TPSA) is 72.2 Å². The van der Waals surface area contributed by atoms with Crippen molar-refractivity contribution in [3.8, 4) is 0 Å². The van der Waals surface area contributed by atoms with Gasteiger partial charge < -0.3 is 5.73 Å². The van der Waals surface area contributed by atoms with Gasteiger partial charge >= 0.3 is 0 Å². The Morgan fingerprint density at radius 3 is 2.55 bits per heavy atom. The summed E-state index contributed by atoms with van der Waals surface area (Å²) in [5, 5.41) is 0.462. The molecule has 0 aromatic heterocycles. The number of sulfonamides is 1. The van der Waals surface area contributed by atoms with Gasteiger partial charge in [-0.25, -0.2) is 8.42 Å². The van der Waals surface area contributed by atoms with Crippen LogP contribution in [0.25, 0.3) is 0 Å². The minimum atomic E-state index is -3.70. The summed E-state index contributed by atoms with van der Waals surface area (Å²) >= 11 is 9.10. The fourth-order valence-electron chi connectivity index (χ4n) is 1.60. The zero-order valence-electron chi connectivity index (χ0n) is 10.5. The molecule has 0 bridgehead atoms. The Kier molecular flexibility index (Phi) is 4.27. The number of benzene rings is 2. The Hall–Kier alpha value is -1.24. The molecule has 0 heterocycles. The van der Waals surface area contributed by atoms with Gasteiger partial charge in [-0.3, -0.25) is 4.72 Å². The van der Waals surface area contributed by atoms with Crippen molar-refractivity contribution in [1.82, 2.24) is 0 Å². The maximum absolute atomic E-state index is 12.3. The molecule has 0 aliphatic heterocycles. The number of nitrogen functional groups attached to an aromatic ring is 1. The molecule has 0 saturated heterocycles. The molecule has 2 aromatic carbocycles. The van der Waals surface area contributed by atoms with E-state index in [1.165, 1.54) is 12.1 Å². The monoisotopic (exact) mass is 374 g/mol. The highest BCUT2D eigenvalue weighted by Crippen LogP contribution is 2.26. The summed E-state index contributed by atoms with van der Waals surface area (Å²) in [7, 11) is -3.70. The molecule has 0 aliphatic carbocycles. The van der Waals surface area contributed by atoms with Gasteiger partial charge in [0, 0.05) is 15.2 Å². The maximum atomic E-state index is 12.3. The van der Waals surface area contributed by atoms with Crippen LogP contribution in [0.2, 0.25) is 5.02 Å². The number of aryl methyl sites for hydroxylation is 1. The molecule has 4 nitrogen and oxygen atoms in total. The number of halogens is 2. The van der Waals surface area contributed by atoms with Gasteiger partial charge in [-0.05, 0) is 58.7 Å². The van der Waals surface area contributed by atoms with Crippen LogP contribution in [-0.2, 0) is 10.0 Å². The zero-order chi connectivity index (χ0) is 14.9. The van der Waals surface area contributed by atoms with Gasteiger partial charge in [0.05, 0.1) is 10.6 Å². The van der Waals surface area contributed by atoms with E-state index in [-0.39, 0.29) is 4.90 Å². The van der Waals surface area contributed by atoms with Gasteiger partial charge in [-0.1, -0.05) is 17.7 Å². The Labute approximate surface area is 131 Å². The number of nitrogens with two attached hydrogens (primary N) is 1. The molecule has 0 amide bonds. The number of anilines is 2. The fourth-order valence-corrected chi connectivity index (χ4v) is 3.17. The van der Waals surface area contributed by atoms with Crippen LogP contribution >= 0.6 is 27.5 Å². The second kappa shape index (κ2) is 5.63. The molecule has 0 spiro atoms. The molecule has 0 fully saturated rings. The Morgan fingerprint density at radius 1 is 1.20 bits per heavy atom. The molecule has 0 atom stereocenters. The molecule has 3 N–H and O–H groups in total. The average Bonchev–Trinajstić information content (AvgIpc) is 2.36. The summed E-state index contributed by atoms with van der Waals surface area (Å²) in [6.07, 6.45) is 0. The van der Waals surface area contributed by atoms with Crippen molar-refractivity contribution in [2.45, 2.75) is 11.8 Å². The van der Waals surface area contributed by atoms with E-state index in [0.29, 0.717) is 20.9 Å². The molecule has 0 aliphatic rings. The predicted octanol–water partition coefficient (Wildman–Crippen LogP) is 3.79. The first-order chi connectivity index (χ1) is 9.29. The van der Waals surface area contributed by atoms with Crippen molar-refractivity contribution in [3.63, 3.8) is 0 Å². The first-order valence-electron chi connectivity index (χ1n) is 5.63. The van der Waals surface area contributed by atoms with E-state index in [9.17, 15) is 8.42 Å². The summed E-state index contributed by atoms with van der Waals surface area (Å²) in [6.45, 7) is 1.80. The predicted molar refractivity (Wildman–Crippen MR) is 85.6 cm³/mol. The number of hydrogen-bond acceptors (Lipinski definition) is 3. The van der Waals surface area contributed by atoms with Crippen molar-refractivity contribution in [2.24, 2.45) is 0 Å². The van der Waals surface area contributed by atoms with E-state index < -0.39 is 10.0 Å². The smallest absolute Gasteiger partial charge is 0.261 e. The number of nitrogens with one attached hydrogen (secondary N) is 1. The average molecular weight is 376 g/mol. The van der Waals surface area contributed by atoms with Crippen LogP contribution in [0, 0.1) is 6.92 Å². The largest absolute Gasteiger partial charge is 0.398 e. The maximum Gasteiger partial charge on any atom is 0.261 e. The number of rotatable bonds is 3. The zero-order valence-corrected chi connectivity index (χ0v) is 13.7. The van der Waals surface area contributed by atoms with Gasteiger partial charge in [0.15, 0.2) is 0 Å². The molecule has 106 valence electrons. The van der Waals surface area contributed by atoms with Gasteiger partial charge in [0.2, 0.25) is 0 Å². The van der Waals surface area contributed by atoms with Crippen LogP contribution in [0.1, 0.15) is 5.56 Å². The first kappa shape index (κ1) is 15.2. The highest BCUT2D eigenvalue weighted by molar-refractivity contribution is 9.10. The highest BCUT2D eigenvalue weighted by atomic mass is 79.9. The summed E-state index contributed by atoms with van der Waals surface area (Å²) < 4.78 is 27.8. The van der Waals surface area contributed by atoms with Crippen LogP contribution in [0.15, 0.2) is 45.8 Å². The van der Waals surface area contributed by atoms with Gasteiger partial charge in [0.25, 0.3) is 10.0 Å². The van der Waals surface area contributed by atoms with Crippen molar-refractivity contribution in [3.05, 3.63) is 51.5 Å². The molecule has 7 heteroatoms. The molecule has 0 saturated carbocycles. The van der Waals surface area contributed by atoms with Gasteiger partial charge in [-0.15, -0.1) is 0 Å². The van der Waals surface area contributed by atoms with E-state index >= 15 is 0 Å². The Morgan fingerprint density at radius 2 is 1.90 bits per heavy atom. The summed E-state index contributed by atoms with van der Waals surface area (Å²) in [5.74, 6) is 0. The third kappa shape index (κ3) is 3.26. The molecular formula is C13H12BrClN2O2S. The van der Waals surface area contributed by atoms with E-state index in [2.05, 4.69) is 20.7 Å². The van der Waals surface area contributed by atoms with Crippen LogP contribution in [-0.4, -0.2) is 8.42 Å². The third-order valence-corrected chi connectivity index (χ3v) is 5.04. The molecule has 2 aromatic rings. The van der Waals surface area contributed by atoms with Crippen LogP contribution in [0.5, 0.6) is 0 Å². The second-order valence-electron chi connectivity index (χ2n) is 4.25. The standard InChI is InChI=1S/C13H12BrClN2O2S/c1-8-2-3-9(15)6-13(8)17-20(18,19)10-4-5-11(14)12(16)7-10/h2-7,17H,16H2,1H3. The number of hydrogen-bond donors (Lipinski definition) is 2. The minimum Gasteiger partial charge on any atom is -0.398 e. The Balaban J connectivity index is 2.40. The van der Waals surface area contributed by atoms with Crippen LogP contribution in [0.4, 0.5) is 11.4 Å². The fraction of sp³-hybridized carbons (Fsp3) is 0.0769. The van der Waals surface area contributed by atoms with Crippen molar-refractivity contribution in [1.29, 1.82) is 0 Å². The molecule has 0 radical (unpaired) electrons. The SMILES string of the molecule is Cc1ccc(Cl)cc1NS(=O)(=O)c1ccc(Br)c(N)c1. The lowest BCUT2D eigenvalue weighted by atomic mass is 10.2. The van der Waals surface area contributed by atoms with Crippen molar-refractivity contribution in [2.75, 3.05) is 10.5 Å². The lowest BCUT2D eigenvalue weighted by Crippen LogP contribution is -2.14. The second-order valence-corrected chi connectivity index (χ2v) is 7.22. The normalized spacial score (nSPS) is 11.3. The lowest BCUT2D eigenvalue weighted by Gasteiger charge is -2.11. The van der Waals surface area contributed by atoms with E-state index in [1.54, 1.807) is 31.2 Å². The third-order valence-electron chi connectivity index (χ3n) is 2.72. The molecular weight excluding hydrogens is 364 g/mol. The van der Waals surface area contributed by atoms with Crippen molar-refractivity contribution < 1.29 is 8.42 Å². The molecule has 0 unspecified atom stereocenters. The van der Waals surface area contributed by atoms with Gasteiger partial charge in [0.1, 0.15) is 0 Å². The quantitative estimate of drug-likeness (QED) is 0.802. The van der Waals surface area contributed by atoms with Crippen LogP contribution < -0.4 is 10.5 Å². The summed E-state index contributed by atoms with van der Waals surface area (Å²) in [4.78, 5) is 0.0950. The minimum absolute atomic E-state index is 0.0950. The Bertz CT molecular complexity index is 763. The van der Waals surface area contributed by atoms with E-state index in [4.69, 9.17) is 17.3 Å². The van der Waals surface area contributed by atoms with Crippen molar-refractivity contribution >= 4 is 48.9 Å². The summed E-state index contributed by atoms with van der Waals surface area (Å²) in [5.41, 5.74) is 7.29. The molecule has 2 rings (SSSR count). The highest BCUT2D eigenvalue weighted by Gasteiger charge is 2.16. The molecule has 20 heavy (non-hydrogen) atoms. The first-order valence-corrected chi connectivity index (χ1v) is 8.29. The van der Waals surface area contributed by atoms with Gasteiger partial charge in [-0.2, -0.15) is 0 Å². The van der Waals surface area contributed by atoms with E-state index in [0.717, 1.165) is 5.56 Å². The lowest BCUT2D eigenvalue weighted by molar-refractivity contribution is 0.601. The van der Waals surface area contributed by atoms with E-state index in [1.807, 2.05) is 0 Å².